The van der Waals surface area contributed by atoms with Gasteiger partial charge in [-0.3, -0.25) is 4.79 Å². The zero-order valence-corrected chi connectivity index (χ0v) is 11.3. The highest BCUT2D eigenvalue weighted by molar-refractivity contribution is 5.85. The van der Waals surface area contributed by atoms with Crippen LogP contribution in [0.15, 0.2) is 29.4 Å². The Kier molecular flexibility index (Phi) is 3.36. The zero-order valence-electron chi connectivity index (χ0n) is 11.3. The van der Waals surface area contributed by atoms with E-state index in [0.29, 0.717) is 11.8 Å². The second-order valence-electron chi connectivity index (χ2n) is 5.78. The first-order valence-electron chi connectivity index (χ1n) is 7.15. The Hall–Kier alpha value is -1.64. The van der Waals surface area contributed by atoms with Gasteiger partial charge in [0.1, 0.15) is 0 Å². The Morgan fingerprint density at radius 1 is 1.21 bits per heavy atom. The van der Waals surface area contributed by atoms with Crippen LogP contribution < -0.4 is 5.43 Å². The number of hydrazone groups is 1. The minimum atomic E-state index is 0.111. The van der Waals surface area contributed by atoms with Gasteiger partial charge in [0.25, 0.3) is 0 Å². The lowest BCUT2D eigenvalue weighted by Gasteiger charge is -2.04. The molecule has 2 saturated carbocycles. The summed E-state index contributed by atoms with van der Waals surface area (Å²) in [6.07, 6.45) is 6.74. The fourth-order valence-corrected chi connectivity index (χ4v) is 3.28. The van der Waals surface area contributed by atoms with E-state index >= 15 is 0 Å². The summed E-state index contributed by atoms with van der Waals surface area (Å²) >= 11 is 0. The van der Waals surface area contributed by atoms with Gasteiger partial charge in [0.05, 0.1) is 6.21 Å². The van der Waals surface area contributed by atoms with E-state index in [0.717, 1.165) is 5.56 Å². The van der Waals surface area contributed by atoms with Crippen LogP contribution in [0.3, 0.4) is 0 Å². The normalized spacial score (nSPS) is 29.0. The molecule has 0 radical (unpaired) electrons. The van der Waals surface area contributed by atoms with E-state index in [4.69, 9.17) is 0 Å². The molecule has 1 aromatic carbocycles. The molecule has 2 atom stereocenters. The van der Waals surface area contributed by atoms with Crippen molar-refractivity contribution in [3.8, 4) is 0 Å². The Morgan fingerprint density at radius 2 is 1.84 bits per heavy atom. The molecule has 2 aliphatic carbocycles. The number of benzene rings is 1. The third-order valence-electron chi connectivity index (χ3n) is 4.42. The number of aryl methyl sites for hydroxylation is 1. The molecule has 3 heteroatoms. The Balaban J connectivity index is 1.52. The molecule has 100 valence electrons. The molecule has 2 fully saturated rings. The number of nitrogens with one attached hydrogen (secondary N) is 1. The summed E-state index contributed by atoms with van der Waals surface area (Å²) in [7, 11) is 0. The molecule has 3 nitrogen and oxygen atoms in total. The SMILES string of the molecule is Cc1ccc(/C=N/NC(=O)C2C3CCCCC32)cc1. The van der Waals surface area contributed by atoms with Crippen LogP contribution in [-0.2, 0) is 4.79 Å². The minimum Gasteiger partial charge on any atom is -0.273 e. The van der Waals surface area contributed by atoms with E-state index in [1.54, 1.807) is 6.21 Å². The lowest BCUT2D eigenvalue weighted by molar-refractivity contribution is -0.122. The molecule has 19 heavy (non-hydrogen) atoms. The molecule has 2 aliphatic rings. The molecule has 1 aromatic rings. The average molecular weight is 256 g/mol. The third kappa shape index (κ3) is 2.70. The monoisotopic (exact) mass is 256 g/mol. The smallest absolute Gasteiger partial charge is 0.243 e. The maximum Gasteiger partial charge on any atom is 0.243 e. The van der Waals surface area contributed by atoms with Crippen molar-refractivity contribution in [2.75, 3.05) is 0 Å². The predicted molar refractivity (Wildman–Crippen MR) is 75.9 cm³/mol. The highest BCUT2D eigenvalue weighted by atomic mass is 16.2. The molecule has 0 bridgehead atoms. The van der Waals surface area contributed by atoms with Gasteiger partial charge in [-0.25, -0.2) is 5.43 Å². The van der Waals surface area contributed by atoms with Crippen LogP contribution in [0.4, 0.5) is 0 Å². The van der Waals surface area contributed by atoms with E-state index in [2.05, 4.69) is 17.5 Å². The highest BCUT2D eigenvalue weighted by Crippen LogP contribution is 2.55. The van der Waals surface area contributed by atoms with Crippen LogP contribution in [0.25, 0.3) is 0 Å². The van der Waals surface area contributed by atoms with Gasteiger partial charge in [0.2, 0.25) is 5.91 Å². The highest BCUT2D eigenvalue weighted by Gasteiger charge is 2.54. The number of nitrogens with zero attached hydrogens (tertiary/aromatic N) is 1. The summed E-state index contributed by atoms with van der Waals surface area (Å²) in [5.74, 6) is 1.63. The molecule has 2 unspecified atom stereocenters. The van der Waals surface area contributed by atoms with Gasteiger partial charge in [0, 0.05) is 5.92 Å². The van der Waals surface area contributed by atoms with Gasteiger partial charge < -0.3 is 0 Å². The lowest BCUT2D eigenvalue weighted by Crippen LogP contribution is -2.20. The summed E-state index contributed by atoms with van der Waals surface area (Å²) in [5, 5.41) is 4.07. The summed E-state index contributed by atoms with van der Waals surface area (Å²) < 4.78 is 0. The fraction of sp³-hybridized carbons (Fsp3) is 0.500. The molecule has 1 amide bonds. The standard InChI is InChI=1S/C16H20N2O/c1-11-6-8-12(9-7-11)10-17-18-16(19)15-13-4-2-3-5-14(13)15/h6-10,13-15H,2-5H2,1H3,(H,18,19)/b17-10+. The van der Waals surface area contributed by atoms with E-state index in [9.17, 15) is 4.79 Å². The first-order valence-corrected chi connectivity index (χ1v) is 7.15. The van der Waals surface area contributed by atoms with E-state index in [-0.39, 0.29) is 11.8 Å². The predicted octanol–water partition coefficient (Wildman–Crippen LogP) is 2.88. The number of hydrogen-bond acceptors (Lipinski definition) is 2. The number of hydrogen-bond donors (Lipinski definition) is 1. The van der Waals surface area contributed by atoms with Gasteiger partial charge in [-0.1, -0.05) is 42.7 Å². The molecule has 0 aromatic heterocycles. The van der Waals surface area contributed by atoms with Crippen molar-refractivity contribution in [2.45, 2.75) is 32.6 Å². The summed E-state index contributed by atoms with van der Waals surface area (Å²) in [6.45, 7) is 2.05. The van der Waals surface area contributed by atoms with Gasteiger partial charge in [-0.2, -0.15) is 5.10 Å². The summed E-state index contributed by atoms with van der Waals surface area (Å²) in [4.78, 5) is 12.0. The molecule has 0 heterocycles. The molecule has 0 saturated heterocycles. The Morgan fingerprint density at radius 3 is 2.47 bits per heavy atom. The molecule has 0 aliphatic heterocycles. The number of fused-ring (bicyclic) bond motifs is 1. The van der Waals surface area contributed by atoms with Gasteiger partial charge in [-0.15, -0.1) is 0 Å². The number of carbonyl (C=O) groups excluding carboxylic acids is 1. The topological polar surface area (TPSA) is 41.5 Å². The van der Waals surface area contributed by atoms with E-state index in [1.807, 2.05) is 24.3 Å². The maximum absolute atomic E-state index is 12.0. The van der Waals surface area contributed by atoms with Crippen molar-refractivity contribution in [1.82, 2.24) is 5.43 Å². The average Bonchev–Trinajstić information content (AvgIpc) is 3.15. The van der Waals surface area contributed by atoms with Gasteiger partial charge >= 0.3 is 0 Å². The molecule has 3 rings (SSSR count). The minimum absolute atomic E-state index is 0.111. The molecular formula is C16H20N2O. The Bertz CT molecular complexity index is 480. The number of rotatable bonds is 3. The number of carbonyl (C=O) groups is 1. The molecule has 1 N–H and O–H groups in total. The van der Waals surface area contributed by atoms with Crippen molar-refractivity contribution in [2.24, 2.45) is 22.9 Å². The second-order valence-corrected chi connectivity index (χ2v) is 5.78. The van der Waals surface area contributed by atoms with Crippen LogP contribution >= 0.6 is 0 Å². The van der Waals surface area contributed by atoms with Crippen molar-refractivity contribution < 1.29 is 4.79 Å². The van der Waals surface area contributed by atoms with Crippen molar-refractivity contribution in [3.63, 3.8) is 0 Å². The summed E-state index contributed by atoms with van der Waals surface area (Å²) in [5.41, 5.74) is 4.93. The van der Waals surface area contributed by atoms with Crippen molar-refractivity contribution >= 4 is 12.1 Å². The maximum atomic E-state index is 12.0. The van der Waals surface area contributed by atoms with Crippen LogP contribution in [0.2, 0.25) is 0 Å². The van der Waals surface area contributed by atoms with E-state index < -0.39 is 0 Å². The second kappa shape index (κ2) is 5.16. The third-order valence-corrected chi connectivity index (χ3v) is 4.42. The first-order chi connectivity index (χ1) is 9.25. The lowest BCUT2D eigenvalue weighted by atomic mass is 10.0. The van der Waals surface area contributed by atoms with Crippen molar-refractivity contribution in [3.05, 3.63) is 35.4 Å². The first kappa shape index (κ1) is 12.4. The van der Waals surface area contributed by atoms with Crippen LogP contribution in [0.5, 0.6) is 0 Å². The van der Waals surface area contributed by atoms with Gasteiger partial charge in [0.15, 0.2) is 0 Å². The van der Waals surface area contributed by atoms with Crippen LogP contribution in [0.1, 0.15) is 36.8 Å². The van der Waals surface area contributed by atoms with Crippen molar-refractivity contribution in [1.29, 1.82) is 0 Å². The Labute approximate surface area is 114 Å². The zero-order chi connectivity index (χ0) is 13.2. The van der Waals surface area contributed by atoms with E-state index in [1.165, 1.54) is 31.2 Å². The van der Waals surface area contributed by atoms with Crippen LogP contribution in [-0.4, -0.2) is 12.1 Å². The molecule has 0 spiro atoms. The number of amides is 1. The quantitative estimate of drug-likeness (QED) is 0.655. The summed E-state index contributed by atoms with van der Waals surface area (Å²) in [6, 6.07) is 8.08. The van der Waals surface area contributed by atoms with Gasteiger partial charge in [-0.05, 0) is 37.2 Å². The van der Waals surface area contributed by atoms with Crippen LogP contribution in [0, 0.1) is 24.7 Å². The molecular weight excluding hydrogens is 236 g/mol. The fourth-order valence-electron chi connectivity index (χ4n) is 3.28. The largest absolute Gasteiger partial charge is 0.273 e.